The highest BCUT2D eigenvalue weighted by Gasteiger charge is 2.62. The van der Waals surface area contributed by atoms with Crippen molar-refractivity contribution in [2.24, 2.45) is 23.2 Å². The van der Waals surface area contributed by atoms with Crippen molar-refractivity contribution in [1.29, 1.82) is 0 Å². The highest BCUT2D eigenvalue weighted by atomic mass is 32.2. The summed E-state index contributed by atoms with van der Waals surface area (Å²) in [4.78, 5) is 54.7. The van der Waals surface area contributed by atoms with Crippen LogP contribution >= 0.6 is 0 Å². The molecule has 0 bridgehead atoms. The van der Waals surface area contributed by atoms with Crippen LogP contribution in [0.4, 0.5) is 17.6 Å². The second-order valence-corrected chi connectivity index (χ2v) is 19.8. The lowest BCUT2D eigenvalue weighted by atomic mass is 9.76. The summed E-state index contributed by atoms with van der Waals surface area (Å²) in [5, 5.41) is -0.0254. The fraction of sp³-hybridized carbons (Fsp3) is 0.468. The van der Waals surface area contributed by atoms with Crippen molar-refractivity contribution in [3.63, 3.8) is 0 Å². The molecule has 3 heterocycles. The monoisotopic (exact) mass is 888 g/mol. The number of furan rings is 1. The largest absolute Gasteiger partial charge is 0.470 e. The van der Waals surface area contributed by atoms with Gasteiger partial charge in [-0.3, -0.25) is 19.1 Å². The number of carbonyl (C=O) groups is 3. The molecular formula is C47H48F4N4O7S. The molecule has 0 unspecified atom stereocenters. The summed E-state index contributed by atoms with van der Waals surface area (Å²) in [6, 6.07) is 16.6. The van der Waals surface area contributed by atoms with Gasteiger partial charge in [-0.25, -0.2) is 17.8 Å². The van der Waals surface area contributed by atoms with E-state index in [9.17, 15) is 35.6 Å². The SMILES string of the molecule is CC[C@@H]1C[C@]1(CC(=O)[C@@H]1C[C@@H](Oc2nc(-c3ccc(C(F)(F)F)cc3)nc3c2oc2ccccc23)CN1C(=O)[C@@H](Cc1cccc(F)c1)C1CCCCC1)C(=O)NS(=O)(=O)C1CC1. The molecule has 4 fully saturated rings. The first-order chi connectivity index (χ1) is 30.1. The molecule has 0 radical (unpaired) electrons. The number of sulfonamides is 1. The van der Waals surface area contributed by atoms with Crippen molar-refractivity contribution in [2.45, 2.75) is 108 Å². The number of ketones is 1. The van der Waals surface area contributed by atoms with Gasteiger partial charge in [-0.05, 0) is 92.3 Å². The molecule has 3 saturated carbocycles. The van der Waals surface area contributed by atoms with Crippen LogP contribution < -0.4 is 9.46 Å². The molecule has 16 heteroatoms. The maximum Gasteiger partial charge on any atom is 0.416 e. The average molecular weight is 889 g/mol. The summed E-state index contributed by atoms with van der Waals surface area (Å²) >= 11 is 0. The van der Waals surface area contributed by atoms with Crippen molar-refractivity contribution in [3.05, 3.63) is 89.7 Å². The van der Waals surface area contributed by atoms with E-state index in [2.05, 4.69) is 9.71 Å². The van der Waals surface area contributed by atoms with Crippen LogP contribution in [0.2, 0.25) is 0 Å². The number of hydrogen-bond donors (Lipinski definition) is 1. The third kappa shape index (κ3) is 8.67. The van der Waals surface area contributed by atoms with Gasteiger partial charge >= 0.3 is 6.18 Å². The summed E-state index contributed by atoms with van der Waals surface area (Å²) in [6.07, 6.45) is 0.793. The highest BCUT2D eigenvalue weighted by molar-refractivity contribution is 7.90. The molecule has 4 aliphatic rings. The molecular weight excluding hydrogens is 841 g/mol. The molecule has 1 aliphatic heterocycles. The van der Waals surface area contributed by atoms with E-state index in [0.29, 0.717) is 47.7 Å². The van der Waals surface area contributed by atoms with Gasteiger partial charge in [-0.2, -0.15) is 18.2 Å². The maximum atomic E-state index is 15.2. The molecule has 0 spiro atoms. The van der Waals surface area contributed by atoms with Gasteiger partial charge in [0, 0.05) is 29.7 Å². The minimum atomic E-state index is -4.56. The quantitative estimate of drug-likeness (QED) is 0.108. The zero-order valence-electron chi connectivity index (χ0n) is 34.7. The van der Waals surface area contributed by atoms with E-state index in [-0.39, 0.29) is 66.4 Å². The van der Waals surface area contributed by atoms with Crippen LogP contribution in [0.15, 0.2) is 77.2 Å². The lowest BCUT2D eigenvalue weighted by Gasteiger charge is -2.34. The Hall–Kier alpha value is -5.38. The zero-order valence-corrected chi connectivity index (χ0v) is 35.5. The molecule has 11 nitrogen and oxygen atoms in total. The fourth-order valence-corrected chi connectivity index (χ4v) is 11.3. The Morgan fingerprint density at radius 3 is 2.40 bits per heavy atom. The van der Waals surface area contributed by atoms with E-state index in [1.165, 1.54) is 29.2 Å². The Kier molecular flexibility index (Phi) is 11.3. The van der Waals surface area contributed by atoms with Crippen molar-refractivity contribution in [2.75, 3.05) is 6.54 Å². The smallest absolute Gasteiger partial charge is 0.416 e. The van der Waals surface area contributed by atoms with Crippen LogP contribution in [0.1, 0.15) is 88.7 Å². The number of likely N-dealkylation sites (tertiary alicyclic amines) is 1. The number of hydrogen-bond acceptors (Lipinski definition) is 9. The number of para-hydroxylation sites is 1. The molecule has 1 N–H and O–H groups in total. The predicted octanol–water partition coefficient (Wildman–Crippen LogP) is 8.97. The highest BCUT2D eigenvalue weighted by Crippen LogP contribution is 2.58. The topological polar surface area (TPSA) is 149 Å². The van der Waals surface area contributed by atoms with Crippen molar-refractivity contribution < 1.29 is 49.5 Å². The summed E-state index contributed by atoms with van der Waals surface area (Å²) < 4.78 is 96.0. The molecule has 9 rings (SSSR count). The van der Waals surface area contributed by atoms with E-state index in [1.807, 2.05) is 6.92 Å². The van der Waals surface area contributed by atoms with Crippen molar-refractivity contribution in [3.8, 4) is 17.3 Å². The second-order valence-electron chi connectivity index (χ2n) is 17.8. The molecule has 3 aromatic carbocycles. The number of fused-ring (bicyclic) bond motifs is 3. The Morgan fingerprint density at radius 2 is 1.71 bits per heavy atom. The van der Waals surface area contributed by atoms with E-state index >= 15 is 4.79 Å². The van der Waals surface area contributed by atoms with Gasteiger partial charge in [0.25, 0.3) is 5.88 Å². The van der Waals surface area contributed by atoms with Gasteiger partial charge in [-0.1, -0.05) is 69.0 Å². The number of halogens is 4. The summed E-state index contributed by atoms with van der Waals surface area (Å²) in [5.74, 6) is -2.66. The Labute approximate surface area is 362 Å². The number of amides is 2. The van der Waals surface area contributed by atoms with E-state index in [0.717, 1.165) is 44.2 Å². The number of nitrogens with zero attached hydrogens (tertiary/aromatic N) is 3. The fourth-order valence-electron chi connectivity index (χ4n) is 9.91. The first-order valence-corrected chi connectivity index (χ1v) is 23.4. The molecule has 332 valence electrons. The second kappa shape index (κ2) is 16.6. The van der Waals surface area contributed by atoms with Crippen molar-refractivity contribution >= 4 is 49.7 Å². The zero-order chi connectivity index (χ0) is 44.3. The third-order valence-corrected chi connectivity index (χ3v) is 15.4. The Morgan fingerprint density at radius 1 is 0.968 bits per heavy atom. The lowest BCUT2D eigenvalue weighted by Crippen LogP contribution is -2.48. The van der Waals surface area contributed by atoms with Gasteiger partial charge in [0.2, 0.25) is 27.4 Å². The number of carbonyl (C=O) groups excluding carboxylic acids is 3. The normalized spacial score (nSPS) is 23.5. The average Bonchev–Trinajstić information content (AvgIpc) is 4.17. The van der Waals surface area contributed by atoms with E-state index < -0.39 is 68.0 Å². The predicted molar refractivity (Wildman–Crippen MR) is 225 cm³/mol. The molecule has 5 atom stereocenters. The minimum absolute atomic E-state index is 0.00186. The lowest BCUT2D eigenvalue weighted by molar-refractivity contribution is -0.143. The van der Waals surface area contributed by atoms with Crippen LogP contribution in [-0.4, -0.2) is 64.8 Å². The first-order valence-electron chi connectivity index (χ1n) is 21.8. The van der Waals surface area contributed by atoms with Gasteiger partial charge in [0.1, 0.15) is 23.0 Å². The van der Waals surface area contributed by atoms with E-state index in [1.54, 1.807) is 36.4 Å². The number of Topliss-reactive ketones (excluding diaryl/α,β-unsaturated/α-hetero) is 1. The molecule has 3 aliphatic carbocycles. The van der Waals surface area contributed by atoms with Crippen LogP contribution in [0, 0.1) is 29.0 Å². The number of ether oxygens (including phenoxy) is 1. The Bertz CT molecular complexity index is 2680. The number of nitrogens with one attached hydrogen (secondary N) is 1. The molecule has 2 aromatic heterocycles. The van der Waals surface area contributed by atoms with Crippen molar-refractivity contribution in [1.82, 2.24) is 19.6 Å². The summed E-state index contributed by atoms with van der Waals surface area (Å²) in [5.41, 5.74) is -0.183. The summed E-state index contributed by atoms with van der Waals surface area (Å²) in [7, 11) is -3.89. The number of alkyl halides is 3. The Balaban J connectivity index is 1.07. The number of aromatic nitrogens is 2. The number of benzene rings is 3. The van der Waals surface area contributed by atoms with Crippen LogP contribution in [0.25, 0.3) is 33.5 Å². The minimum Gasteiger partial charge on any atom is -0.470 e. The van der Waals surface area contributed by atoms with Gasteiger partial charge in [0.05, 0.1) is 28.8 Å². The van der Waals surface area contributed by atoms with Gasteiger partial charge < -0.3 is 14.1 Å². The standard InChI is InChI=1S/C47H48F4N4O7S/c1-2-30-24-46(30,45(58)54-63(59,60)34-19-20-34)25-38(56)37-23-33(26-55(37)44(57)36(28-10-4-3-5-11-28)22-27-9-8-12-32(48)21-27)61-43-41-40(35-13-6-7-14-39(35)62-41)52-42(53-43)29-15-17-31(18-16-29)47(49,50)51/h6-9,12-18,21,28,30,33-34,36-37H,2-5,10-11,19-20,22-26H2,1H3,(H,54,58)/t30-,33-,36+,37+,46-/m1/s1. The van der Waals surface area contributed by atoms with Crippen LogP contribution in [0.5, 0.6) is 5.88 Å². The van der Waals surface area contributed by atoms with Gasteiger partial charge in [-0.15, -0.1) is 0 Å². The van der Waals surface area contributed by atoms with E-state index in [4.69, 9.17) is 14.1 Å². The molecule has 2 amide bonds. The molecule has 1 saturated heterocycles. The summed E-state index contributed by atoms with van der Waals surface area (Å²) in [6.45, 7) is 1.82. The van der Waals surface area contributed by atoms with Crippen LogP contribution in [-0.2, 0) is 37.0 Å². The van der Waals surface area contributed by atoms with Crippen LogP contribution in [0.3, 0.4) is 0 Å². The first kappa shape index (κ1) is 42.9. The maximum absolute atomic E-state index is 15.2. The molecule has 63 heavy (non-hydrogen) atoms. The molecule has 5 aromatic rings. The van der Waals surface area contributed by atoms with Gasteiger partial charge in [0.15, 0.2) is 11.6 Å². The third-order valence-electron chi connectivity index (χ3n) is 13.6. The number of rotatable bonds is 14.